The van der Waals surface area contributed by atoms with Crippen molar-refractivity contribution in [3.8, 4) is 0 Å². The molecule has 0 bridgehead atoms. The van der Waals surface area contributed by atoms with Crippen molar-refractivity contribution >= 4 is 24.4 Å². The van der Waals surface area contributed by atoms with E-state index >= 15 is 0 Å². The lowest BCUT2D eigenvalue weighted by Gasteiger charge is -2.21. The Morgan fingerprint density at radius 1 is 0.545 bits per heavy atom. The zero-order valence-electron chi connectivity index (χ0n) is 13.5. The first kappa shape index (κ1) is 14.8. The first-order chi connectivity index (χ1) is 10.7. The van der Waals surface area contributed by atoms with Gasteiger partial charge in [0, 0.05) is 0 Å². The van der Waals surface area contributed by atoms with Gasteiger partial charge in [0.25, 0.3) is 0 Å². The Hall–Kier alpha value is -2.12. The van der Waals surface area contributed by atoms with E-state index in [0.29, 0.717) is 0 Å². The van der Waals surface area contributed by atoms with Gasteiger partial charge in [-0.15, -0.1) is 0 Å². The van der Waals surface area contributed by atoms with Gasteiger partial charge in [0.05, 0.1) is 0 Å². The first-order valence-electron chi connectivity index (χ1n) is 7.85. The fourth-order valence-electron chi connectivity index (χ4n) is 3.13. The maximum Gasteiger partial charge on any atom is 0.133 e. The van der Waals surface area contributed by atoms with E-state index in [1.165, 1.54) is 27.1 Å². The van der Waals surface area contributed by atoms with Crippen LogP contribution >= 0.6 is 0 Å². The molecule has 0 amide bonds. The summed E-state index contributed by atoms with van der Waals surface area (Å²) in [5.74, 6) is 0. The molecule has 0 saturated heterocycles. The molecule has 110 valence electrons. The lowest BCUT2D eigenvalue weighted by Crippen LogP contribution is -2.53. The van der Waals surface area contributed by atoms with Crippen molar-refractivity contribution in [2.75, 3.05) is 0 Å². The van der Waals surface area contributed by atoms with Gasteiger partial charge in [-0.25, -0.2) is 0 Å². The molecule has 0 radical (unpaired) electrons. The third kappa shape index (κ3) is 2.77. The van der Waals surface area contributed by atoms with Crippen LogP contribution in [0, 0.1) is 20.8 Å². The quantitative estimate of drug-likeness (QED) is 0.515. The maximum absolute atomic E-state index is 2.36. The monoisotopic (exact) mass is 302 g/mol. The van der Waals surface area contributed by atoms with Crippen LogP contribution < -0.4 is 15.6 Å². The van der Waals surface area contributed by atoms with Crippen molar-refractivity contribution in [3.63, 3.8) is 0 Å². The molecule has 0 aliphatic heterocycles. The van der Waals surface area contributed by atoms with E-state index in [0.717, 1.165) is 0 Å². The van der Waals surface area contributed by atoms with Gasteiger partial charge in [0.2, 0.25) is 0 Å². The summed E-state index contributed by atoms with van der Waals surface area (Å²) in [6.07, 6.45) is 0. The minimum Gasteiger partial charge on any atom is -0.0625 e. The van der Waals surface area contributed by atoms with Crippen LogP contribution in [-0.2, 0) is 0 Å². The second kappa shape index (κ2) is 6.33. The van der Waals surface area contributed by atoms with Gasteiger partial charge in [-0.3, -0.25) is 0 Å². The lowest BCUT2D eigenvalue weighted by atomic mass is 10.1. The van der Waals surface area contributed by atoms with Gasteiger partial charge < -0.3 is 0 Å². The van der Waals surface area contributed by atoms with Crippen molar-refractivity contribution in [2.45, 2.75) is 20.8 Å². The fourth-order valence-corrected chi connectivity index (χ4v) is 6.39. The highest BCUT2D eigenvalue weighted by Crippen LogP contribution is 2.11. The second-order valence-corrected chi connectivity index (χ2v) is 8.80. The third-order valence-electron chi connectivity index (χ3n) is 4.68. The summed E-state index contributed by atoms with van der Waals surface area (Å²) in [6, 6.07) is 26.7. The van der Waals surface area contributed by atoms with E-state index < -0.39 is 8.80 Å². The number of hydrogen-bond acceptors (Lipinski definition) is 0. The number of hydrogen-bond donors (Lipinski definition) is 0. The molecule has 3 aromatic carbocycles. The Kier molecular flexibility index (Phi) is 4.26. The molecule has 1 heteroatoms. The Labute approximate surface area is 135 Å². The standard InChI is InChI=1S/C21H22Si/c1-16-14-15-21(18(3)17(16)2)22(19-10-6-4-7-11-19)20-12-8-5-9-13-20/h4-15,22H,1-3H3. The average molecular weight is 302 g/mol. The summed E-state index contributed by atoms with van der Waals surface area (Å²) in [6.45, 7) is 6.73. The van der Waals surface area contributed by atoms with Gasteiger partial charge >= 0.3 is 0 Å². The van der Waals surface area contributed by atoms with Crippen LogP contribution in [0.4, 0.5) is 0 Å². The fraction of sp³-hybridized carbons (Fsp3) is 0.143. The third-order valence-corrected chi connectivity index (χ3v) is 8.03. The molecule has 0 atom stereocenters. The van der Waals surface area contributed by atoms with Crippen LogP contribution in [0.5, 0.6) is 0 Å². The Bertz CT molecular complexity index is 721. The van der Waals surface area contributed by atoms with E-state index in [1.807, 2.05) is 0 Å². The lowest BCUT2D eigenvalue weighted by molar-refractivity contribution is 1.28. The van der Waals surface area contributed by atoms with E-state index in [1.54, 1.807) is 5.19 Å². The summed E-state index contributed by atoms with van der Waals surface area (Å²) >= 11 is 0. The second-order valence-electron chi connectivity index (χ2n) is 5.98. The van der Waals surface area contributed by atoms with Gasteiger partial charge in [0.1, 0.15) is 8.80 Å². The van der Waals surface area contributed by atoms with Crippen molar-refractivity contribution < 1.29 is 0 Å². The zero-order chi connectivity index (χ0) is 15.5. The average Bonchev–Trinajstić information content (AvgIpc) is 2.57. The summed E-state index contributed by atoms with van der Waals surface area (Å²) in [4.78, 5) is 0. The van der Waals surface area contributed by atoms with Gasteiger partial charge in [-0.2, -0.15) is 0 Å². The van der Waals surface area contributed by atoms with Gasteiger partial charge in [-0.1, -0.05) is 83.2 Å². The van der Waals surface area contributed by atoms with Crippen LogP contribution in [0.3, 0.4) is 0 Å². The molecule has 0 aromatic heterocycles. The highest BCUT2D eigenvalue weighted by atomic mass is 28.3. The SMILES string of the molecule is Cc1ccc([SiH](c2ccccc2)c2ccccc2)c(C)c1C. The maximum atomic E-state index is 2.36. The van der Waals surface area contributed by atoms with E-state index in [4.69, 9.17) is 0 Å². The molecule has 0 fully saturated rings. The normalized spacial score (nSPS) is 10.9. The Balaban J connectivity index is 2.21. The first-order valence-corrected chi connectivity index (χ1v) is 9.58. The molecule has 0 aliphatic carbocycles. The van der Waals surface area contributed by atoms with Crippen LogP contribution in [-0.4, -0.2) is 8.80 Å². The zero-order valence-corrected chi connectivity index (χ0v) is 14.7. The molecule has 0 saturated carbocycles. The van der Waals surface area contributed by atoms with E-state index in [9.17, 15) is 0 Å². The minimum absolute atomic E-state index is 1.38. The molecule has 0 nitrogen and oxygen atoms in total. The van der Waals surface area contributed by atoms with Crippen LogP contribution in [0.15, 0.2) is 72.8 Å². The number of benzene rings is 3. The highest BCUT2D eigenvalue weighted by molar-refractivity contribution is 6.95. The summed E-state index contributed by atoms with van der Waals surface area (Å²) < 4.78 is 0. The minimum atomic E-state index is -1.40. The largest absolute Gasteiger partial charge is 0.133 e. The molecule has 0 aliphatic rings. The summed E-state index contributed by atoms with van der Waals surface area (Å²) in [5.41, 5.74) is 4.28. The van der Waals surface area contributed by atoms with E-state index in [2.05, 4.69) is 93.6 Å². The van der Waals surface area contributed by atoms with Gasteiger partial charge in [0.15, 0.2) is 0 Å². The van der Waals surface area contributed by atoms with Crippen LogP contribution in [0.2, 0.25) is 0 Å². The topological polar surface area (TPSA) is 0 Å². The smallest absolute Gasteiger partial charge is 0.0625 e. The summed E-state index contributed by atoms with van der Waals surface area (Å²) in [5, 5.41) is 4.51. The molecule has 0 heterocycles. The van der Waals surface area contributed by atoms with Crippen molar-refractivity contribution in [2.24, 2.45) is 0 Å². The molecular weight excluding hydrogens is 280 g/mol. The molecule has 0 unspecified atom stereocenters. The molecule has 0 N–H and O–H groups in total. The number of rotatable bonds is 3. The predicted molar refractivity (Wildman–Crippen MR) is 99.6 cm³/mol. The summed E-state index contributed by atoms with van der Waals surface area (Å²) in [7, 11) is -1.40. The Morgan fingerprint density at radius 2 is 1.05 bits per heavy atom. The molecule has 0 spiro atoms. The van der Waals surface area contributed by atoms with Crippen molar-refractivity contribution in [1.82, 2.24) is 0 Å². The highest BCUT2D eigenvalue weighted by Gasteiger charge is 2.21. The van der Waals surface area contributed by atoms with Gasteiger partial charge in [-0.05, 0) is 42.6 Å². The molecule has 22 heavy (non-hydrogen) atoms. The van der Waals surface area contributed by atoms with E-state index in [-0.39, 0.29) is 0 Å². The molecular formula is C21H22Si. The number of aryl methyl sites for hydroxylation is 1. The van der Waals surface area contributed by atoms with Crippen molar-refractivity contribution in [3.05, 3.63) is 89.5 Å². The molecule has 3 aromatic rings. The van der Waals surface area contributed by atoms with Crippen LogP contribution in [0.1, 0.15) is 16.7 Å². The predicted octanol–water partition coefficient (Wildman–Crippen LogP) is 2.86. The Morgan fingerprint density at radius 3 is 1.55 bits per heavy atom. The van der Waals surface area contributed by atoms with Crippen LogP contribution in [0.25, 0.3) is 0 Å². The molecule has 3 rings (SSSR count). The van der Waals surface area contributed by atoms with Crippen molar-refractivity contribution in [1.29, 1.82) is 0 Å².